The maximum absolute atomic E-state index is 11.7. The van der Waals surface area contributed by atoms with Crippen LogP contribution in [0.2, 0.25) is 6.04 Å². The molecule has 0 spiro atoms. The van der Waals surface area contributed by atoms with Crippen LogP contribution in [0.4, 0.5) is 4.39 Å². The van der Waals surface area contributed by atoms with Crippen LogP contribution in [0.15, 0.2) is 0 Å². The van der Waals surface area contributed by atoms with Gasteiger partial charge in [0.15, 0.2) is 0 Å². The van der Waals surface area contributed by atoms with Crippen LogP contribution in [-0.2, 0) is 0 Å². The van der Waals surface area contributed by atoms with Crippen molar-refractivity contribution in [1.29, 1.82) is 0 Å². The summed E-state index contributed by atoms with van der Waals surface area (Å²) in [4.78, 5) is 0. The van der Waals surface area contributed by atoms with Crippen LogP contribution < -0.4 is 0 Å². The van der Waals surface area contributed by atoms with E-state index in [2.05, 4.69) is 0 Å². The highest BCUT2D eigenvalue weighted by Gasteiger charge is 2.23. The van der Waals surface area contributed by atoms with Gasteiger partial charge in [-0.1, -0.05) is 38.5 Å². The molecule has 0 unspecified atom stereocenters. The first-order chi connectivity index (χ1) is 6.56. The lowest BCUT2D eigenvalue weighted by Crippen LogP contribution is -2.07. The van der Waals surface area contributed by atoms with Crippen LogP contribution in [0, 0.1) is 0 Å². The Kier molecular flexibility index (Phi) is 9.93. The molecule has 0 radical (unpaired) electrons. The summed E-state index contributed by atoms with van der Waals surface area (Å²) in [7, 11) is 0. The van der Waals surface area contributed by atoms with Crippen LogP contribution >= 0.6 is 33.2 Å². The first kappa shape index (κ1) is 15.0. The largest absolute Gasteiger partial charge is 0.341 e. The summed E-state index contributed by atoms with van der Waals surface area (Å²) in [5, 5.41) is 0. The van der Waals surface area contributed by atoms with Crippen LogP contribution in [0.5, 0.6) is 0 Å². The second-order valence-corrected chi connectivity index (χ2v) is 12.8. The van der Waals surface area contributed by atoms with Gasteiger partial charge in [-0.05, 0) is 12.5 Å². The maximum atomic E-state index is 11.7. The van der Waals surface area contributed by atoms with Gasteiger partial charge in [0.2, 0.25) is 0 Å². The molecule has 0 amide bonds. The van der Waals surface area contributed by atoms with Crippen LogP contribution in [0.1, 0.15) is 44.9 Å². The third-order valence-electron chi connectivity index (χ3n) is 2.09. The van der Waals surface area contributed by atoms with E-state index >= 15 is 0 Å². The summed E-state index contributed by atoms with van der Waals surface area (Å²) in [6, 6.07) is -1.61. The number of hydrogen-bond acceptors (Lipinski definition) is 0. The van der Waals surface area contributed by atoms with Crippen molar-refractivity contribution in [2.45, 2.75) is 51.0 Å². The summed E-state index contributed by atoms with van der Waals surface area (Å²) >= 11 is 17.2. The molecule has 0 N–H and O–H groups in total. The zero-order valence-electron chi connectivity index (χ0n) is 8.38. The normalized spacial score (nSPS) is 12.0. The lowest BCUT2D eigenvalue weighted by molar-refractivity contribution is 0.450. The van der Waals surface area contributed by atoms with Crippen molar-refractivity contribution in [2.75, 3.05) is 6.67 Å². The quantitative estimate of drug-likeness (QED) is 0.303. The van der Waals surface area contributed by atoms with Gasteiger partial charge in [0.1, 0.15) is 0 Å². The SMILES string of the molecule is FCCCCCCCCC[Si](Cl)(Cl)Cl. The Morgan fingerprint density at radius 2 is 1.14 bits per heavy atom. The monoisotopic (exact) mass is 278 g/mol. The molecule has 0 nitrogen and oxygen atoms in total. The van der Waals surface area contributed by atoms with Crippen molar-refractivity contribution in [3.63, 3.8) is 0 Å². The van der Waals surface area contributed by atoms with E-state index in [-0.39, 0.29) is 6.67 Å². The van der Waals surface area contributed by atoms with E-state index in [9.17, 15) is 4.39 Å². The van der Waals surface area contributed by atoms with E-state index in [1.165, 1.54) is 12.8 Å². The second-order valence-electron chi connectivity index (χ2n) is 3.53. The number of hydrogen-bond donors (Lipinski definition) is 0. The van der Waals surface area contributed by atoms with Gasteiger partial charge in [-0.2, -0.15) is 0 Å². The molecule has 14 heavy (non-hydrogen) atoms. The van der Waals surface area contributed by atoms with E-state index in [4.69, 9.17) is 33.2 Å². The smallest absolute Gasteiger partial charge is 0.251 e. The minimum atomic E-state index is -2.37. The first-order valence-corrected chi connectivity index (χ1v) is 10.4. The summed E-state index contributed by atoms with van der Waals surface area (Å²) in [5.74, 6) is 0. The Morgan fingerprint density at radius 3 is 1.57 bits per heavy atom. The van der Waals surface area contributed by atoms with Gasteiger partial charge in [-0.25, -0.2) is 0 Å². The molecule has 0 aromatic heterocycles. The van der Waals surface area contributed by atoms with Crippen LogP contribution in [0.3, 0.4) is 0 Å². The third-order valence-corrected chi connectivity index (χ3v) is 4.72. The summed E-state index contributed by atoms with van der Waals surface area (Å²) < 4.78 is 11.7. The molecule has 0 saturated carbocycles. The summed E-state index contributed by atoms with van der Waals surface area (Å²) in [6.45, 7) is -0.182. The predicted octanol–water partition coefficient (Wildman–Crippen LogP) is 5.34. The fraction of sp³-hybridized carbons (Fsp3) is 1.00. The molecule has 0 fully saturated rings. The highest BCUT2D eigenvalue weighted by molar-refractivity contribution is 7.64. The Labute approximate surface area is 101 Å². The topological polar surface area (TPSA) is 0 Å². The molecule has 0 rings (SSSR count). The van der Waals surface area contributed by atoms with E-state index in [1.807, 2.05) is 0 Å². The van der Waals surface area contributed by atoms with Crippen molar-refractivity contribution in [3.8, 4) is 0 Å². The molecular weight excluding hydrogens is 262 g/mol. The molecule has 0 aromatic rings. The number of halogens is 4. The molecule has 0 aliphatic carbocycles. The standard InChI is InChI=1S/C9H18Cl3FSi/c10-14(11,12)9-7-5-3-1-2-4-6-8-13/h1-9H2. The zero-order chi connectivity index (χ0) is 10.9. The number of rotatable bonds is 9. The van der Waals surface area contributed by atoms with Gasteiger partial charge in [0.05, 0.1) is 6.67 Å². The predicted molar refractivity (Wildman–Crippen MR) is 66.4 cm³/mol. The number of alkyl halides is 1. The Hall–Kier alpha value is 1.02. The van der Waals surface area contributed by atoms with Crippen molar-refractivity contribution >= 4 is 39.2 Å². The van der Waals surface area contributed by atoms with Crippen molar-refractivity contribution in [2.24, 2.45) is 0 Å². The van der Waals surface area contributed by atoms with Gasteiger partial charge in [-0.15, -0.1) is 33.2 Å². The van der Waals surface area contributed by atoms with Crippen LogP contribution in [0.25, 0.3) is 0 Å². The molecule has 0 aliphatic rings. The summed E-state index contributed by atoms with van der Waals surface area (Å²) in [5.41, 5.74) is 0. The summed E-state index contributed by atoms with van der Waals surface area (Å²) in [6.07, 6.45) is 7.37. The molecule has 0 saturated heterocycles. The number of unbranched alkanes of at least 4 members (excludes halogenated alkanes) is 6. The average Bonchev–Trinajstić information content (AvgIpc) is 2.08. The fourth-order valence-electron chi connectivity index (χ4n) is 1.30. The van der Waals surface area contributed by atoms with Gasteiger partial charge in [-0.3, -0.25) is 4.39 Å². The van der Waals surface area contributed by atoms with Gasteiger partial charge in [0, 0.05) is 0 Å². The first-order valence-electron chi connectivity index (χ1n) is 5.19. The molecule has 0 atom stereocenters. The van der Waals surface area contributed by atoms with E-state index in [0.29, 0.717) is 6.42 Å². The van der Waals surface area contributed by atoms with Crippen molar-refractivity contribution in [3.05, 3.63) is 0 Å². The minimum absolute atomic E-state index is 0.182. The molecule has 0 bridgehead atoms. The van der Waals surface area contributed by atoms with Gasteiger partial charge in [0.25, 0.3) is 0 Å². The van der Waals surface area contributed by atoms with E-state index in [1.54, 1.807) is 0 Å². The van der Waals surface area contributed by atoms with Crippen LogP contribution in [-0.4, -0.2) is 12.7 Å². The Morgan fingerprint density at radius 1 is 0.714 bits per heavy atom. The molecule has 86 valence electrons. The highest BCUT2D eigenvalue weighted by Crippen LogP contribution is 2.27. The molecule has 0 heterocycles. The fourth-order valence-corrected chi connectivity index (χ4v) is 3.16. The maximum Gasteiger partial charge on any atom is 0.341 e. The zero-order valence-corrected chi connectivity index (χ0v) is 11.6. The van der Waals surface area contributed by atoms with Crippen molar-refractivity contribution < 1.29 is 4.39 Å². The van der Waals surface area contributed by atoms with E-state index in [0.717, 1.165) is 31.7 Å². The lowest BCUT2D eigenvalue weighted by Gasteiger charge is -2.06. The molecular formula is C9H18Cl3FSi. The van der Waals surface area contributed by atoms with Gasteiger partial charge < -0.3 is 0 Å². The Balaban J connectivity index is 2.99. The average molecular weight is 280 g/mol. The minimum Gasteiger partial charge on any atom is -0.251 e. The van der Waals surface area contributed by atoms with E-state index < -0.39 is 6.00 Å². The highest BCUT2D eigenvalue weighted by atomic mass is 35.8. The van der Waals surface area contributed by atoms with Gasteiger partial charge >= 0.3 is 6.00 Å². The van der Waals surface area contributed by atoms with Crippen molar-refractivity contribution in [1.82, 2.24) is 0 Å². The third kappa shape index (κ3) is 13.0. The molecule has 0 aromatic carbocycles. The molecule has 0 aliphatic heterocycles. The Bertz CT molecular complexity index is 128. The lowest BCUT2D eigenvalue weighted by atomic mass is 10.1. The molecule has 5 heteroatoms. The second kappa shape index (κ2) is 9.26.